The molecule has 0 radical (unpaired) electrons. The van der Waals surface area contributed by atoms with Crippen LogP contribution in [0.4, 0.5) is 18.3 Å². The maximum Gasteiger partial charge on any atom is 0.416 e. The molecule has 0 bridgehead atoms. The van der Waals surface area contributed by atoms with Crippen LogP contribution in [0.5, 0.6) is 0 Å². The van der Waals surface area contributed by atoms with Crippen LogP contribution in [0.2, 0.25) is 0 Å². The highest BCUT2D eigenvalue weighted by Gasteiger charge is 2.31. The zero-order chi connectivity index (χ0) is 19.4. The molecule has 4 nitrogen and oxygen atoms in total. The van der Waals surface area contributed by atoms with E-state index in [0.717, 1.165) is 12.1 Å². The van der Waals surface area contributed by atoms with E-state index in [2.05, 4.69) is 15.5 Å². The second-order valence-electron chi connectivity index (χ2n) is 5.62. The molecular weight excluding hydrogens is 395 g/mol. The summed E-state index contributed by atoms with van der Waals surface area (Å²) in [5.41, 5.74) is 1.39. The number of thioether (sulfide) groups is 1. The van der Waals surface area contributed by atoms with Crippen LogP contribution in [-0.4, -0.2) is 16.1 Å². The van der Waals surface area contributed by atoms with Gasteiger partial charge in [-0.3, -0.25) is 10.1 Å². The summed E-state index contributed by atoms with van der Waals surface area (Å²) in [7, 11) is 0. The van der Waals surface area contributed by atoms with Gasteiger partial charge in [0.2, 0.25) is 5.13 Å². The maximum atomic E-state index is 12.8. The molecule has 0 unspecified atom stereocenters. The van der Waals surface area contributed by atoms with Crippen LogP contribution in [0.3, 0.4) is 0 Å². The zero-order valence-electron chi connectivity index (χ0n) is 14.1. The molecule has 3 aromatic rings. The van der Waals surface area contributed by atoms with Gasteiger partial charge in [-0.15, -0.1) is 10.2 Å². The van der Waals surface area contributed by atoms with Crippen LogP contribution in [-0.2, 0) is 11.9 Å². The number of amides is 1. The maximum absolute atomic E-state index is 12.8. The number of aromatic nitrogens is 2. The van der Waals surface area contributed by atoms with E-state index in [1.807, 2.05) is 31.2 Å². The highest BCUT2D eigenvalue weighted by molar-refractivity contribution is 8.00. The fraction of sp³-hybridized carbons (Fsp3) is 0.167. The highest BCUT2D eigenvalue weighted by atomic mass is 32.2. The monoisotopic (exact) mass is 409 g/mol. The third kappa shape index (κ3) is 5.08. The number of carbonyl (C=O) groups is 1. The molecule has 0 saturated heterocycles. The summed E-state index contributed by atoms with van der Waals surface area (Å²) in [5.74, 6) is 0.0517. The molecule has 1 amide bonds. The van der Waals surface area contributed by atoms with E-state index in [1.54, 1.807) is 0 Å². The molecule has 0 aliphatic heterocycles. The molecule has 0 aliphatic carbocycles. The van der Waals surface area contributed by atoms with Gasteiger partial charge in [0.1, 0.15) is 0 Å². The molecule has 9 heteroatoms. The summed E-state index contributed by atoms with van der Waals surface area (Å²) in [5, 5.41) is 10.6. The summed E-state index contributed by atoms with van der Waals surface area (Å²) in [6.07, 6.45) is -4.50. The third-order valence-corrected chi connectivity index (χ3v) is 5.71. The van der Waals surface area contributed by atoms with Gasteiger partial charge in [0.15, 0.2) is 4.34 Å². The minimum Gasteiger partial charge on any atom is -0.296 e. The second-order valence-corrected chi connectivity index (χ2v) is 7.82. The van der Waals surface area contributed by atoms with Crippen molar-refractivity contribution >= 4 is 34.1 Å². The fourth-order valence-electron chi connectivity index (χ4n) is 2.24. The lowest BCUT2D eigenvalue weighted by Gasteiger charge is -2.08. The van der Waals surface area contributed by atoms with Crippen LogP contribution in [0.15, 0.2) is 52.9 Å². The van der Waals surface area contributed by atoms with Crippen LogP contribution < -0.4 is 5.32 Å². The highest BCUT2D eigenvalue weighted by Crippen LogP contribution is 2.31. The molecule has 2 aromatic carbocycles. The first kappa shape index (κ1) is 19.4. The molecule has 0 atom stereocenters. The number of nitrogens with zero attached hydrogens (tertiary/aromatic N) is 2. The lowest BCUT2D eigenvalue weighted by molar-refractivity contribution is -0.137. The topological polar surface area (TPSA) is 54.9 Å². The van der Waals surface area contributed by atoms with Crippen molar-refractivity contribution in [2.24, 2.45) is 0 Å². The molecular formula is C18H14F3N3OS2. The van der Waals surface area contributed by atoms with E-state index < -0.39 is 17.6 Å². The molecule has 0 aliphatic rings. The molecule has 1 N–H and O–H groups in total. The van der Waals surface area contributed by atoms with Gasteiger partial charge < -0.3 is 0 Å². The van der Waals surface area contributed by atoms with Gasteiger partial charge in [-0.2, -0.15) is 13.2 Å². The summed E-state index contributed by atoms with van der Waals surface area (Å²) in [4.78, 5) is 12.2. The first-order valence-electron chi connectivity index (χ1n) is 7.82. The predicted molar refractivity (Wildman–Crippen MR) is 100 cm³/mol. The van der Waals surface area contributed by atoms with Crippen LogP contribution >= 0.6 is 23.1 Å². The average molecular weight is 409 g/mol. The number of alkyl halides is 3. The first-order valence-corrected chi connectivity index (χ1v) is 9.62. The molecule has 27 heavy (non-hydrogen) atoms. The van der Waals surface area contributed by atoms with Crippen molar-refractivity contribution in [2.45, 2.75) is 23.2 Å². The largest absolute Gasteiger partial charge is 0.416 e. The van der Waals surface area contributed by atoms with Crippen LogP contribution in [0, 0.1) is 6.92 Å². The smallest absolute Gasteiger partial charge is 0.296 e. The summed E-state index contributed by atoms with van der Waals surface area (Å²) in [6, 6.07) is 12.2. The van der Waals surface area contributed by atoms with Crippen molar-refractivity contribution in [3.8, 4) is 0 Å². The van der Waals surface area contributed by atoms with E-state index in [4.69, 9.17) is 0 Å². The van der Waals surface area contributed by atoms with E-state index in [1.165, 1.54) is 46.4 Å². The van der Waals surface area contributed by atoms with E-state index >= 15 is 0 Å². The van der Waals surface area contributed by atoms with Crippen molar-refractivity contribution in [1.29, 1.82) is 0 Å². The zero-order valence-corrected chi connectivity index (χ0v) is 15.7. The van der Waals surface area contributed by atoms with Crippen molar-refractivity contribution in [1.82, 2.24) is 10.2 Å². The second kappa shape index (κ2) is 8.10. The molecule has 0 spiro atoms. The molecule has 1 aromatic heterocycles. The van der Waals surface area contributed by atoms with Crippen molar-refractivity contribution in [3.63, 3.8) is 0 Å². The quantitative estimate of drug-likeness (QED) is 0.452. The Hall–Kier alpha value is -2.39. The normalized spacial score (nSPS) is 11.4. The van der Waals surface area contributed by atoms with Gasteiger partial charge in [0, 0.05) is 11.3 Å². The third-order valence-electron chi connectivity index (χ3n) is 3.69. The van der Waals surface area contributed by atoms with Crippen LogP contribution in [0.1, 0.15) is 27.0 Å². The Labute approximate surface area is 161 Å². The number of rotatable bonds is 5. The van der Waals surface area contributed by atoms with Gasteiger partial charge in [0.05, 0.1) is 5.56 Å². The Morgan fingerprint density at radius 1 is 1.15 bits per heavy atom. The lowest BCUT2D eigenvalue weighted by Crippen LogP contribution is -2.13. The number of nitrogens with one attached hydrogen (secondary N) is 1. The molecule has 0 fully saturated rings. The van der Waals surface area contributed by atoms with Gasteiger partial charge >= 0.3 is 6.18 Å². The number of halogens is 3. The van der Waals surface area contributed by atoms with Crippen molar-refractivity contribution in [2.75, 3.05) is 5.32 Å². The summed E-state index contributed by atoms with van der Waals surface area (Å²) < 4.78 is 38.9. The molecule has 0 saturated carbocycles. The Balaban J connectivity index is 1.64. The number of anilines is 1. The number of hydrogen-bond acceptors (Lipinski definition) is 5. The number of hydrogen-bond donors (Lipinski definition) is 1. The number of carbonyl (C=O) groups excluding carboxylic acids is 1. The van der Waals surface area contributed by atoms with Gasteiger partial charge in [-0.05, 0) is 36.2 Å². The molecule has 140 valence electrons. The predicted octanol–water partition coefficient (Wildman–Crippen LogP) is 5.41. The molecule has 1 heterocycles. The van der Waals surface area contributed by atoms with Crippen molar-refractivity contribution < 1.29 is 18.0 Å². The number of benzene rings is 2. The van der Waals surface area contributed by atoms with E-state index in [0.29, 0.717) is 10.1 Å². The first-order chi connectivity index (χ1) is 12.8. The van der Waals surface area contributed by atoms with Gasteiger partial charge in [0.25, 0.3) is 5.91 Å². The van der Waals surface area contributed by atoms with Crippen molar-refractivity contribution in [3.05, 3.63) is 70.8 Å². The summed E-state index contributed by atoms with van der Waals surface area (Å²) in [6.45, 7) is 2.02. The number of aryl methyl sites for hydroxylation is 1. The molecule has 3 rings (SSSR count). The fourth-order valence-corrected chi connectivity index (χ4v) is 4.06. The Morgan fingerprint density at radius 2 is 1.93 bits per heavy atom. The van der Waals surface area contributed by atoms with Gasteiger partial charge in [-0.1, -0.05) is 53.4 Å². The lowest BCUT2D eigenvalue weighted by atomic mass is 10.1. The van der Waals surface area contributed by atoms with Crippen LogP contribution in [0.25, 0.3) is 0 Å². The van der Waals surface area contributed by atoms with Gasteiger partial charge in [-0.25, -0.2) is 0 Å². The average Bonchev–Trinajstić information content (AvgIpc) is 3.08. The summed E-state index contributed by atoms with van der Waals surface area (Å²) >= 11 is 2.66. The van der Waals surface area contributed by atoms with E-state index in [9.17, 15) is 18.0 Å². The SMILES string of the molecule is Cc1ccccc1CSc1nnc(NC(=O)c2cccc(C(F)(F)F)c2)s1. The van der Waals surface area contributed by atoms with E-state index in [-0.39, 0.29) is 10.7 Å². The Kier molecular flexibility index (Phi) is 5.81. The Bertz CT molecular complexity index is 957. The minimum atomic E-state index is -4.50. The standard InChI is InChI=1S/C18H14F3N3OS2/c1-11-5-2-3-6-13(11)10-26-17-24-23-16(27-17)22-15(25)12-7-4-8-14(9-12)18(19,20)21/h2-9H,10H2,1H3,(H,22,23,25). The minimum absolute atomic E-state index is 0.0888. The Morgan fingerprint density at radius 3 is 2.67 bits per heavy atom.